The van der Waals surface area contributed by atoms with Crippen LogP contribution in [0.2, 0.25) is 0 Å². The van der Waals surface area contributed by atoms with Crippen LogP contribution in [-0.4, -0.2) is 33.3 Å². The highest BCUT2D eigenvalue weighted by atomic mass is 16.4. The summed E-state index contributed by atoms with van der Waals surface area (Å²) in [6.45, 7) is 4.59. The highest BCUT2D eigenvalue weighted by molar-refractivity contribution is 5.99. The van der Waals surface area contributed by atoms with E-state index in [2.05, 4.69) is 23.7 Å². The molecule has 0 aliphatic heterocycles. The molecule has 5 rings (SSSR count). The number of hydrogen-bond acceptors (Lipinski definition) is 3. The van der Waals surface area contributed by atoms with Gasteiger partial charge < -0.3 is 20.1 Å². The number of benzene rings is 4. The van der Waals surface area contributed by atoms with Crippen molar-refractivity contribution in [1.29, 1.82) is 0 Å². The van der Waals surface area contributed by atoms with Crippen molar-refractivity contribution in [3.05, 3.63) is 131 Å². The Hall–Kier alpha value is -4.68. The van der Waals surface area contributed by atoms with E-state index in [-0.39, 0.29) is 18.1 Å². The van der Waals surface area contributed by atoms with Gasteiger partial charge in [-0.15, -0.1) is 0 Å². The van der Waals surface area contributed by atoms with Gasteiger partial charge in [0.05, 0.1) is 18.2 Å². The maximum Gasteiger partial charge on any atom is 0.336 e. The Labute approximate surface area is 227 Å². The van der Waals surface area contributed by atoms with Crippen molar-refractivity contribution in [2.24, 2.45) is 0 Å². The van der Waals surface area contributed by atoms with Gasteiger partial charge in [-0.3, -0.25) is 4.79 Å². The average Bonchev–Trinajstić information content (AvgIpc) is 3.20. The number of carboxylic acid groups (broad SMARTS) is 1. The lowest BCUT2D eigenvalue weighted by Crippen LogP contribution is -2.30. The summed E-state index contributed by atoms with van der Waals surface area (Å²) in [5.41, 5.74) is 7.55. The molecule has 0 radical (unpaired) electrons. The normalized spacial score (nSPS) is 11.9. The molecule has 1 amide bonds. The van der Waals surface area contributed by atoms with Gasteiger partial charge in [0.1, 0.15) is 0 Å². The number of hydrogen-bond donors (Lipinski definition) is 3. The van der Waals surface area contributed by atoms with E-state index in [0.717, 1.165) is 38.9 Å². The molecule has 6 heteroatoms. The zero-order valence-corrected chi connectivity index (χ0v) is 21.9. The molecule has 5 aromatic rings. The fraction of sp³-hybridized carbons (Fsp3) is 0.152. The minimum absolute atomic E-state index is 0.187. The number of carbonyl (C=O) groups is 2. The molecule has 196 valence electrons. The Morgan fingerprint density at radius 3 is 2.26 bits per heavy atom. The number of nitrogens with one attached hydrogen (secondary N) is 1. The molecule has 0 bridgehead atoms. The minimum atomic E-state index is -0.945. The first-order valence-electron chi connectivity index (χ1n) is 12.8. The van der Waals surface area contributed by atoms with E-state index in [1.165, 1.54) is 0 Å². The maximum atomic E-state index is 13.1. The zero-order valence-electron chi connectivity index (χ0n) is 21.9. The number of aryl methyl sites for hydroxylation is 1. The van der Waals surface area contributed by atoms with Crippen LogP contribution >= 0.6 is 0 Å². The third kappa shape index (κ3) is 5.19. The number of aliphatic hydroxyl groups excluding tert-OH is 1. The number of rotatable bonds is 8. The predicted octanol–water partition coefficient (Wildman–Crippen LogP) is 6.14. The topological polar surface area (TPSA) is 91.6 Å². The SMILES string of the molecule is Cc1c(C)n(Cc2ccc(-c3ccccc3C(=O)O)cc2)c2ccc(C(=O)N[C@@H](CO)c3ccccc3)cc12. The van der Waals surface area contributed by atoms with Crippen LogP contribution in [0.3, 0.4) is 0 Å². The van der Waals surface area contributed by atoms with Gasteiger partial charge in [-0.2, -0.15) is 0 Å². The molecule has 0 aliphatic carbocycles. The Bertz CT molecular complexity index is 1650. The van der Waals surface area contributed by atoms with E-state index in [9.17, 15) is 19.8 Å². The van der Waals surface area contributed by atoms with Crippen molar-refractivity contribution < 1.29 is 19.8 Å². The third-order valence-electron chi connectivity index (χ3n) is 7.35. The molecular formula is C33H30N2O4. The van der Waals surface area contributed by atoms with E-state index in [0.29, 0.717) is 17.7 Å². The summed E-state index contributed by atoms with van der Waals surface area (Å²) < 4.78 is 2.23. The lowest BCUT2D eigenvalue weighted by Gasteiger charge is -2.17. The van der Waals surface area contributed by atoms with Gasteiger partial charge in [0, 0.05) is 28.7 Å². The summed E-state index contributed by atoms with van der Waals surface area (Å²) >= 11 is 0. The molecule has 0 aliphatic rings. The Morgan fingerprint density at radius 2 is 1.56 bits per heavy atom. The van der Waals surface area contributed by atoms with Crippen LogP contribution in [0.1, 0.15) is 49.1 Å². The highest BCUT2D eigenvalue weighted by Gasteiger charge is 2.18. The molecule has 1 atom stereocenters. The summed E-state index contributed by atoms with van der Waals surface area (Å²) in [5, 5.41) is 23.3. The molecule has 0 saturated heterocycles. The smallest absolute Gasteiger partial charge is 0.336 e. The summed E-state index contributed by atoms with van der Waals surface area (Å²) in [4.78, 5) is 24.7. The van der Waals surface area contributed by atoms with E-state index in [1.54, 1.807) is 12.1 Å². The number of amides is 1. The van der Waals surface area contributed by atoms with Gasteiger partial charge in [0.15, 0.2) is 0 Å². The lowest BCUT2D eigenvalue weighted by molar-refractivity contribution is 0.0697. The number of carbonyl (C=O) groups excluding carboxylic acids is 1. The first kappa shape index (κ1) is 25.9. The Balaban J connectivity index is 1.39. The van der Waals surface area contributed by atoms with Crippen molar-refractivity contribution in [1.82, 2.24) is 9.88 Å². The largest absolute Gasteiger partial charge is 0.478 e. The van der Waals surface area contributed by atoms with Gasteiger partial charge in [-0.05, 0) is 65.9 Å². The standard InChI is InChI=1S/C33H30N2O4/c1-21-22(2)35(19-23-12-14-24(15-13-23)27-10-6-7-11-28(27)33(38)39)31-17-16-26(18-29(21)31)32(37)34-30(20-36)25-8-4-3-5-9-25/h3-18,30,36H,19-20H2,1-2H3,(H,34,37)(H,38,39)/t30-/m0/s1. The number of nitrogens with zero attached hydrogens (tertiary/aromatic N) is 1. The van der Waals surface area contributed by atoms with Crippen LogP contribution < -0.4 is 5.32 Å². The van der Waals surface area contributed by atoms with E-state index >= 15 is 0 Å². The molecular weight excluding hydrogens is 488 g/mol. The predicted molar refractivity (Wildman–Crippen MR) is 153 cm³/mol. The molecule has 0 saturated carbocycles. The van der Waals surface area contributed by atoms with Crippen LogP contribution in [0.4, 0.5) is 0 Å². The highest BCUT2D eigenvalue weighted by Crippen LogP contribution is 2.29. The summed E-state index contributed by atoms with van der Waals surface area (Å²) in [7, 11) is 0. The Kier molecular flexibility index (Phi) is 7.30. The molecule has 0 spiro atoms. The summed E-state index contributed by atoms with van der Waals surface area (Å²) in [5.74, 6) is -1.18. The number of aliphatic hydroxyl groups is 1. The molecule has 6 nitrogen and oxygen atoms in total. The second-order valence-electron chi connectivity index (χ2n) is 9.70. The fourth-order valence-corrected chi connectivity index (χ4v) is 5.05. The lowest BCUT2D eigenvalue weighted by atomic mass is 9.99. The first-order chi connectivity index (χ1) is 18.9. The molecule has 0 fully saturated rings. The van der Waals surface area contributed by atoms with Crippen LogP contribution in [0, 0.1) is 13.8 Å². The van der Waals surface area contributed by atoms with Gasteiger partial charge in [-0.1, -0.05) is 72.8 Å². The molecule has 1 heterocycles. The van der Waals surface area contributed by atoms with Crippen LogP contribution in [0.15, 0.2) is 97.1 Å². The quantitative estimate of drug-likeness (QED) is 0.230. The Morgan fingerprint density at radius 1 is 0.872 bits per heavy atom. The molecule has 0 unspecified atom stereocenters. The average molecular weight is 519 g/mol. The third-order valence-corrected chi connectivity index (χ3v) is 7.35. The van der Waals surface area contributed by atoms with Crippen molar-refractivity contribution >= 4 is 22.8 Å². The number of aromatic carboxylic acids is 1. The summed E-state index contributed by atoms with van der Waals surface area (Å²) in [6, 6.07) is 29.6. The number of aromatic nitrogens is 1. The van der Waals surface area contributed by atoms with E-state index < -0.39 is 12.0 Å². The zero-order chi connectivity index (χ0) is 27.5. The number of fused-ring (bicyclic) bond motifs is 1. The fourth-order valence-electron chi connectivity index (χ4n) is 5.05. The molecule has 39 heavy (non-hydrogen) atoms. The van der Waals surface area contributed by atoms with Crippen molar-refractivity contribution in [2.75, 3.05) is 6.61 Å². The monoisotopic (exact) mass is 518 g/mol. The van der Waals surface area contributed by atoms with Gasteiger partial charge >= 0.3 is 5.97 Å². The second-order valence-corrected chi connectivity index (χ2v) is 9.70. The second kappa shape index (κ2) is 11.0. The number of carboxylic acids is 1. The van der Waals surface area contributed by atoms with Crippen LogP contribution in [0.25, 0.3) is 22.0 Å². The maximum absolute atomic E-state index is 13.1. The van der Waals surface area contributed by atoms with Crippen molar-refractivity contribution in [2.45, 2.75) is 26.4 Å². The summed E-state index contributed by atoms with van der Waals surface area (Å²) in [6.07, 6.45) is 0. The van der Waals surface area contributed by atoms with Crippen LogP contribution in [-0.2, 0) is 6.54 Å². The molecule has 1 aromatic heterocycles. The van der Waals surface area contributed by atoms with E-state index in [4.69, 9.17) is 0 Å². The van der Waals surface area contributed by atoms with E-state index in [1.807, 2.05) is 84.9 Å². The van der Waals surface area contributed by atoms with Crippen LogP contribution in [0.5, 0.6) is 0 Å². The van der Waals surface area contributed by atoms with Gasteiger partial charge in [0.25, 0.3) is 5.91 Å². The molecule has 4 aromatic carbocycles. The molecule has 3 N–H and O–H groups in total. The minimum Gasteiger partial charge on any atom is -0.478 e. The van der Waals surface area contributed by atoms with Gasteiger partial charge in [0.2, 0.25) is 0 Å². The van der Waals surface area contributed by atoms with Gasteiger partial charge in [-0.25, -0.2) is 4.79 Å². The first-order valence-corrected chi connectivity index (χ1v) is 12.8. The van der Waals surface area contributed by atoms with Crippen molar-refractivity contribution in [3.8, 4) is 11.1 Å². The van der Waals surface area contributed by atoms with Crippen molar-refractivity contribution in [3.63, 3.8) is 0 Å².